The first kappa shape index (κ1) is 17.0. The highest BCUT2D eigenvalue weighted by atomic mass is 79.9. The van der Waals surface area contributed by atoms with Crippen molar-refractivity contribution in [3.63, 3.8) is 0 Å². The third kappa shape index (κ3) is 3.88. The molecule has 0 spiro atoms. The molecule has 2 unspecified atom stereocenters. The van der Waals surface area contributed by atoms with Gasteiger partial charge in [-0.3, -0.25) is 0 Å². The number of anilines is 1. The van der Waals surface area contributed by atoms with Gasteiger partial charge in [0.05, 0.1) is 6.61 Å². The van der Waals surface area contributed by atoms with E-state index in [2.05, 4.69) is 39.7 Å². The van der Waals surface area contributed by atoms with Gasteiger partial charge in [0.25, 0.3) is 0 Å². The van der Waals surface area contributed by atoms with Crippen LogP contribution in [0.2, 0.25) is 0 Å². The number of ether oxygens (including phenoxy) is 1. The van der Waals surface area contributed by atoms with Crippen LogP contribution in [-0.2, 0) is 9.53 Å². The van der Waals surface area contributed by atoms with Crippen molar-refractivity contribution in [2.24, 2.45) is 11.8 Å². The number of pyridine rings is 1. The second-order valence-electron chi connectivity index (χ2n) is 5.97. The van der Waals surface area contributed by atoms with E-state index in [1.54, 1.807) is 13.1 Å². The van der Waals surface area contributed by atoms with Crippen LogP contribution in [0.1, 0.15) is 33.3 Å². The number of nitrogens with zero attached hydrogens (tertiary/aromatic N) is 2. The zero-order valence-corrected chi connectivity index (χ0v) is 15.2. The molecule has 0 aliphatic carbocycles. The van der Waals surface area contributed by atoms with E-state index in [1.165, 1.54) is 0 Å². The first-order valence-electron chi connectivity index (χ1n) is 7.68. The molecular weight excluding hydrogens is 344 g/mol. The van der Waals surface area contributed by atoms with Gasteiger partial charge < -0.3 is 9.64 Å². The summed E-state index contributed by atoms with van der Waals surface area (Å²) in [7, 11) is 0. The molecule has 1 aliphatic rings. The van der Waals surface area contributed by atoms with Crippen LogP contribution in [0.4, 0.5) is 5.82 Å². The van der Waals surface area contributed by atoms with Crippen LogP contribution in [0.5, 0.6) is 0 Å². The van der Waals surface area contributed by atoms with Crippen molar-refractivity contribution in [2.45, 2.75) is 27.7 Å². The molecule has 0 radical (unpaired) electrons. The van der Waals surface area contributed by atoms with Gasteiger partial charge in [0.15, 0.2) is 0 Å². The second-order valence-corrected chi connectivity index (χ2v) is 6.89. The fraction of sp³-hybridized carbons (Fsp3) is 0.529. The number of esters is 1. The van der Waals surface area contributed by atoms with Crippen molar-refractivity contribution in [1.29, 1.82) is 0 Å². The number of rotatable bonds is 4. The van der Waals surface area contributed by atoms with Crippen molar-refractivity contribution >= 4 is 33.8 Å². The van der Waals surface area contributed by atoms with Crippen LogP contribution in [0.3, 0.4) is 0 Å². The Kier molecular flexibility index (Phi) is 5.62. The number of aromatic nitrogens is 1. The summed E-state index contributed by atoms with van der Waals surface area (Å²) in [6.07, 6.45) is 3.67. The molecule has 22 heavy (non-hydrogen) atoms. The molecule has 0 N–H and O–H groups in total. The summed E-state index contributed by atoms with van der Waals surface area (Å²) in [4.78, 5) is 18.7. The van der Waals surface area contributed by atoms with Crippen LogP contribution >= 0.6 is 15.9 Å². The Hall–Kier alpha value is -1.36. The molecule has 2 atom stereocenters. The predicted molar refractivity (Wildman–Crippen MR) is 92.8 cm³/mol. The molecule has 1 saturated heterocycles. The van der Waals surface area contributed by atoms with E-state index in [4.69, 9.17) is 4.74 Å². The Morgan fingerprint density at radius 1 is 1.45 bits per heavy atom. The minimum atomic E-state index is -0.281. The van der Waals surface area contributed by atoms with Crippen molar-refractivity contribution in [3.8, 4) is 0 Å². The minimum absolute atomic E-state index is 0.281. The molecule has 1 aromatic rings. The highest BCUT2D eigenvalue weighted by Crippen LogP contribution is 2.31. The topological polar surface area (TPSA) is 42.4 Å². The zero-order chi connectivity index (χ0) is 16.3. The number of carbonyl (C=O) groups excluding carboxylic acids is 1. The highest BCUT2D eigenvalue weighted by molar-refractivity contribution is 9.10. The van der Waals surface area contributed by atoms with Gasteiger partial charge in [-0.05, 0) is 53.8 Å². The molecule has 1 aromatic heterocycles. The Balaban J connectivity index is 2.33. The van der Waals surface area contributed by atoms with Gasteiger partial charge in [-0.2, -0.15) is 0 Å². The molecule has 0 bridgehead atoms. The van der Waals surface area contributed by atoms with E-state index in [0.717, 1.165) is 28.9 Å². The lowest BCUT2D eigenvalue weighted by molar-refractivity contribution is -0.138. The summed E-state index contributed by atoms with van der Waals surface area (Å²) < 4.78 is 5.95. The van der Waals surface area contributed by atoms with E-state index in [9.17, 15) is 4.79 Å². The lowest BCUT2D eigenvalue weighted by atomic mass is 10.0. The number of halogens is 1. The van der Waals surface area contributed by atoms with Crippen molar-refractivity contribution in [3.05, 3.63) is 27.9 Å². The summed E-state index contributed by atoms with van der Waals surface area (Å²) in [5, 5.41) is 0. The van der Waals surface area contributed by atoms with Crippen molar-refractivity contribution < 1.29 is 9.53 Å². The lowest BCUT2D eigenvalue weighted by Crippen LogP contribution is -2.22. The van der Waals surface area contributed by atoms with E-state index >= 15 is 0 Å². The molecule has 1 fully saturated rings. The summed E-state index contributed by atoms with van der Waals surface area (Å²) in [5.74, 6) is 1.95. The number of hydrogen-bond acceptors (Lipinski definition) is 4. The van der Waals surface area contributed by atoms with Gasteiger partial charge in [-0.1, -0.05) is 13.8 Å². The Bertz CT molecular complexity index is 576. The van der Waals surface area contributed by atoms with Crippen molar-refractivity contribution in [2.75, 3.05) is 24.6 Å². The third-order valence-electron chi connectivity index (χ3n) is 4.12. The van der Waals surface area contributed by atoms with Crippen LogP contribution in [0, 0.1) is 11.8 Å². The summed E-state index contributed by atoms with van der Waals surface area (Å²) in [6, 6.07) is 2.00. The van der Waals surface area contributed by atoms with Crippen LogP contribution in [-0.4, -0.2) is 30.6 Å². The minimum Gasteiger partial charge on any atom is -0.463 e. The fourth-order valence-corrected chi connectivity index (χ4v) is 3.01. The quantitative estimate of drug-likeness (QED) is 0.598. The maximum Gasteiger partial charge on any atom is 0.333 e. The van der Waals surface area contributed by atoms with E-state index in [0.29, 0.717) is 24.0 Å². The maximum absolute atomic E-state index is 11.8. The molecule has 0 aromatic carbocycles. The van der Waals surface area contributed by atoms with Gasteiger partial charge in [-0.25, -0.2) is 9.78 Å². The molecule has 0 saturated carbocycles. The standard InChI is InChI=1S/C17H23BrN2O2/c1-5-22-17(21)11(2)6-14-7-15(18)8-19-16(14)20-9-12(3)13(4)10-20/h6-8,12-13H,5,9-10H2,1-4H3. The summed E-state index contributed by atoms with van der Waals surface area (Å²) in [6.45, 7) is 10.5. The maximum atomic E-state index is 11.8. The molecule has 0 amide bonds. The van der Waals surface area contributed by atoms with Crippen LogP contribution in [0.25, 0.3) is 6.08 Å². The van der Waals surface area contributed by atoms with Gasteiger partial charge in [0.1, 0.15) is 5.82 Å². The fourth-order valence-electron chi connectivity index (χ4n) is 2.66. The molecule has 2 heterocycles. The smallest absolute Gasteiger partial charge is 0.333 e. The second kappa shape index (κ2) is 7.27. The van der Waals surface area contributed by atoms with Crippen molar-refractivity contribution in [1.82, 2.24) is 4.98 Å². The lowest BCUT2D eigenvalue weighted by Gasteiger charge is -2.20. The Labute approximate surface area is 140 Å². The first-order valence-corrected chi connectivity index (χ1v) is 8.47. The number of hydrogen-bond donors (Lipinski definition) is 0. The molecule has 120 valence electrons. The summed E-state index contributed by atoms with van der Waals surface area (Å²) >= 11 is 3.46. The molecule has 2 rings (SSSR count). The van der Waals surface area contributed by atoms with Crippen LogP contribution in [0.15, 0.2) is 22.3 Å². The Morgan fingerprint density at radius 2 is 2.09 bits per heavy atom. The molecule has 4 nitrogen and oxygen atoms in total. The third-order valence-corrected chi connectivity index (χ3v) is 4.55. The molecular formula is C17H23BrN2O2. The van der Waals surface area contributed by atoms with Gasteiger partial charge in [0.2, 0.25) is 0 Å². The normalized spacial score (nSPS) is 22.0. The number of carbonyl (C=O) groups is 1. The highest BCUT2D eigenvalue weighted by Gasteiger charge is 2.28. The largest absolute Gasteiger partial charge is 0.463 e. The van der Waals surface area contributed by atoms with Gasteiger partial charge in [-0.15, -0.1) is 0 Å². The first-order chi connectivity index (χ1) is 10.4. The monoisotopic (exact) mass is 366 g/mol. The van der Waals surface area contributed by atoms with Gasteiger partial charge in [0, 0.05) is 34.9 Å². The van der Waals surface area contributed by atoms with E-state index in [1.807, 2.05) is 19.1 Å². The van der Waals surface area contributed by atoms with Crippen LogP contribution < -0.4 is 4.90 Å². The molecule has 1 aliphatic heterocycles. The van der Waals surface area contributed by atoms with E-state index < -0.39 is 0 Å². The van der Waals surface area contributed by atoms with E-state index in [-0.39, 0.29) is 5.97 Å². The van der Waals surface area contributed by atoms with Gasteiger partial charge >= 0.3 is 5.97 Å². The zero-order valence-electron chi connectivity index (χ0n) is 13.6. The summed E-state index contributed by atoms with van der Waals surface area (Å²) in [5.41, 5.74) is 1.53. The molecule has 5 heteroatoms. The average Bonchev–Trinajstić information content (AvgIpc) is 2.78. The SMILES string of the molecule is CCOC(=O)C(C)=Cc1cc(Br)cnc1N1CC(C)C(C)C1. The Morgan fingerprint density at radius 3 is 2.68 bits per heavy atom. The average molecular weight is 367 g/mol. The predicted octanol–water partition coefficient (Wildman–Crippen LogP) is 3.90.